The maximum absolute atomic E-state index is 12.8. The minimum Gasteiger partial charge on any atom is -0.493 e. The number of carbonyl (C=O) groups is 3. The molecule has 0 bridgehead atoms. The van der Waals surface area contributed by atoms with E-state index in [1.165, 1.54) is 0 Å². The number of hydrogen-bond acceptors (Lipinski definition) is 6. The highest BCUT2D eigenvalue weighted by atomic mass is 32.1. The average Bonchev–Trinajstić information content (AvgIpc) is 2.70. The van der Waals surface area contributed by atoms with E-state index in [9.17, 15) is 14.4 Å². The van der Waals surface area contributed by atoms with Crippen molar-refractivity contribution >= 4 is 35.1 Å². The lowest BCUT2D eigenvalue weighted by Gasteiger charge is -2.36. The Bertz CT molecular complexity index is 755. The molecule has 9 heteroatoms. The summed E-state index contributed by atoms with van der Waals surface area (Å²) in [5.41, 5.74) is 0.356. The zero-order valence-electron chi connectivity index (χ0n) is 16.7. The summed E-state index contributed by atoms with van der Waals surface area (Å²) >= 11 is 5.37. The highest BCUT2D eigenvalue weighted by Crippen LogP contribution is 2.19. The van der Waals surface area contributed by atoms with Crippen LogP contribution in [-0.4, -0.2) is 60.1 Å². The fraction of sp³-hybridized carbons (Fsp3) is 0.500. The number of amides is 2. The van der Waals surface area contributed by atoms with Crippen LogP contribution in [0.1, 0.15) is 43.5 Å². The van der Waals surface area contributed by atoms with Crippen LogP contribution in [0.15, 0.2) is 24.3 Å². The van der Waals surface area contributed by atoms with Gasteiger partial charge in [0.15, 0.2) is 5.11 Å². The second-order valence-electron chi connectivity index (χ2n) is 6.47. The van der Waals surface area contributed by atoms with Crippen LogP contribution in [0.25, 0.3) is 0 Å². The maximum Gasteiger partial charge on any atom is 0.308 e. The number of rotatable bonds is 8. The third-order valence-corrected chi connectivity index (χ3v) is 4.70. The third kappa shape index (κ3) is 6.42. The molecule has 29 heavy (non-hydrogen) atoms. The third-order valence-electron chi connectivity index (χ3n) is 4.36. The predicted molar refractivity (Wildman–Crippen MR) is 112 cm³/mol. The van der Waals surface area contributed by atoms with Crippen LogP contribution in [0.2, 0.25) is 0 Å². The Kier molecular flexibility index (Phi) is 8.85. The largest absolute Gasteiger partial charge is 0.493 e. The highest BCUT2D eigenvalue weighted by molar-refractivity contribution is 7.80. The van der Waals surface area contributed by atoms with Gasteiger partial charge in [-0.3, -0.25) is 19.7 Å². The Morgan fingerprint density at radius 1 is 1.31 bits per heavy atom. The maximum atomic E-state index is 12.8. The molecule has 0 unspecified atom stereocenters. The first-order chi connectivity index (χ1) is 14.0. The minimum atomic E-state index is -0.827. The van der Waals surface area contributed by atoms with Gasteiger partial charge in [0.1, 0.15) is 11.8 Å². The van der Waals surface area contributed by atoms with E-state index in [0.29, 0.717) is 31.0 Å². The van der Waals surface area contributed by atoms with E-state index in [1.807, 2.05) is 0 Å². The lowest BCUT2D eigenvalue weighted by atomic mass is 10.1. The molecular formula is C20H27N3O5S. The van der Waals surface area contributed by atoms with E-state index in [1.54, 1.807) is 36.1 Å². The van der Waals surface area contributed by atoms with Gasteiger partial charge in [0.25, 0.3) is 5.91 Å². The summed E-state index contributed by atoms with van der Waals surface area (Å²) in [5, 5.41) is 5.45. The number of benzene rings is 1. The van der Waals surface area contributed by atoms with Crippen molar-refractivity contribution in [3.63, 3.8) is 0 Å². The normalized spacial score (nSPS) is 16.0. The Morgan fingerprint density at radius 3 is 2.79 bits per heavy atom. The molecule has 0 radical (unpaired) electrons. The smallest absolute Gasteiger partial charge is 0.308 e. The standard InChI is InChI=1S/C20H27N3O5S/c1-3-5-12-28-16-9-7-6-8-14(16)18(25)22-20(29)23-11-10-21-19(26)15(23)13-17(24)27-4-2/h6-9,15H,3-5,10-13H2,1-2H3,(H,21,26)(H,22,25,29)/t15-/m0/s1. The number of esters is 1. The molecule has 1 saturated heterocycles. The van der Waals surface area contributed by atoms with Crippen LogP contribution in [0, 0.1) is 0 Å². The molecule has 1 aromatic rings. The van der Waals surface area contributed by atoms with Crippen molar-refractivity contribution in [1.82, 2.24) is 15.5 Å². The van der Waals surface area contributed by atoms with E-state index in [2.05, 4.69) is 17.6 Å². The number of ether oxygens (including phenoxy) is 2. The highest BCUT2D eigenvalue weighted by Gasteiger charge is 2.34. The molecule has 2 N–H and O–H groups in total. The Labute approximate surface area is 175 Å². The molecule has 0 aromatic heterocycles. The number of carbonyl (C=O) groups excluding carboxylic acids is 3. The predicted octanol–water partition coefficient (Wildman–Crippen LogP) is 1.63. The van der Waals surface area contributed by atoms with Gasteiger partial charge in [-0.05, 0) is 37.7 Å². The lowest BCUT2D eigenvalue weighted by Crippen LogP contribution is -2.60. The van der Waals surface area contributed by atoms with Crippen LogP contribution in [-0.2, 0) is 14.3 Å². The summed E-state index contributed by atoms with van der Waals surface area (Å²) < 4.78 is 10.6. The van der Waals surface area contributed by atoms with Gasteiger partial charge in [0.05, 0.1) is 25.2 Å². The molecule has 8 nitrogen and oxygen atoms in total. The molecule has 1 heterocycles. The Hall–Kier alpha value is -2.68. The zero-order valence-corrected chi connectivity index (χ0v) is 17.5. The number of thiocarbonyl (C=S) groups is 1. The molecule has 0 aliphatic carbocycles. The molecule has 1 aromatic carbocycles. The van der Waals surface area contributed by atoms with Crippen LogP contribution in [0.5, 0.6) is 5.75 Å². The van der Waals surface area contributed by atoms with E-state index in [0.717, 1.165) is 12.8 Å². The number of piperazine rings is 1. The van der Waals surface area contributed by atoms with E-state index in [4.69, 9.17) is 21.7 Å². The van der Waals surface area contributed by atoms with Crippen molar-refractivity contribution in [3.8, 4) is 5.75 Å². The van der Waals surface area contributed by atoms with E-state index < -0.39 is 17.9 Å². The van der Waals surface area contributed by atoms with Crippen molar-refractivity contribution in [2.75, 3.05) is 26.3 Å². The summed E-state index contributed by atoms with van der Waals surface area (Å²) in [5.74, 6) is -0.781. The minimum absolute atomic E-state index is 0.0857. The Morgan fingerprint density at radius 2 is 2.07 bits per heavy atom. The second-order valence-corrected chi connectivity index (χ2v) is 6.85. The van der Waals surface area contributed by atoms with Crippen LogP contribution < -0.4 is 15.4 Å². The second kappa shape index (κ2) is 11.4. The van der Waals surface area contributed by atoms with Gasteiger partial charge in [-0.1, -0.05) is 25.5 Å². The van der Waals surface area contributed by atoms with E-state index in [-0.39, 0.29) is 24.0 Å². The fourth-order valence-electron chi connectivity index (χ4n) is 2.88. The molecule has 158 valence electrons. The molecular weight excluding hydrogens is 394 g/mol. The molecule has 1 atom stereocenters. The summed E-state index contributed by atoms with van der Waals surface area (Å²) in [6.45, 7) is 5.24. The summed E-state index contributed by atoms with van der Waals surface area (Å²) in [6, 6.07) is 6.08. The van der Waals surface area contributed by atoms with Gasteiger partial charge in [0.2, 0.25) is 5.91 Å². The van der Waals surface area contributed by atoms with Crippen molar-refractivity contribution in [3.05, 3.63) is 29.8 Å². The summed E-state index contributed by atoms with van der Waals surface area (Å²) in [4.78, 5) is 38.4. The van der Waals surface area contributed by atoms with Gasteiger partial charge in [-0.15, -0.1) is 0 Å². The molecule has 1 aliphatic heterocycles. The van der Waals surface area contributed by atoms with Gasteiger partial charge < -0.3 is 19.7 Å². The van der Waals surface area contributed by atoms with Crippen LogP contribution >= 0.6 is 12.2 Å². The van der Waals surface area contributed by atoms with Crippen LogP contribution in [0.3, 0.4) is 0 Å². The van der Waals surface area contributed by atoms with Crippen molar-refractivity contribution in [1.29, 1.82) is 0 Å². The lowest BCUT2D eigenvalue weighted by molar-refractivity contribution is -0.147. The number of nitrogens with one attached hydrogen (secondary N) is 2. The van der Waals surface area contributed by atoms with Crippen LogP contribution in [0.4, 0.5) is 0 Å². The first-order valence-corrected chi connectivity index (χ1v) is 10.2. The van der Waals surface area contributed by atoms with Gasteiger partial charge in [-0.25, -0.2) is 0 Å². The first-order valence-electron chi connectivity index (χ1n) is 9.75. The summed E-state index contributed by atoms with van der Waals surface area (Å²) in [7, 11) is 0. The van der Waals surface area contributed by atoms with Crippen molar-refractivity contribution in [2.45, 2.75) is 39.2 Å². The molecule has 0 spiro atoms. The van der Waals surface area contributed by atoms with Crippen molar-refractivity contribution < 1.29 is 23.9 Å². The topological polar surface area (TPSA) is 97.0 Å². The molecule has 1 aliphatic rings. The number of unbranched alkanes of at least 4 members (excludes halogenated alkanes) is 1. The monoisotopic (exact) mass is 421 g/mol. The Balaban J connectivity index is 2.08. The fourth-order valence-corrected chi connectivity index (χ4v) is 3.19. The number of para-hydroxylation sites is 1. The van der Waals surface area contributed by atoms with E-state index >= 15 is 0 Å². The quantitative estimate of drug-likeness (QED) is 0.374. The number of nitrogens with zero attached hydrogens (tertiary/aromatic N) is 1. The van der Waals surface area contributed by atoms with Crippen molar-refractivity contribution in [2.24, 2.45) is 0 Å². The molecule has 2 rings (SSSR count). The number of hydrogen-bond donors (Lipinski definition) is 2. The first kappa shape index (κ1) is 22.6. The SMILES string of the molecule is CCCCOc1ccccc1C(=O)NC(=S)N1CCNC(=O)[C@@H]1CC(=O)OCC. The zero-order chi connectivity index (χ0) is 21.2. The molecule has 2 amide bonds. The molecule has 1 fully saturated rings. The molecule has 0 saturated carbocycles. The van der Waals surface area contributed by atoms with Gasteiger partial charge >= 0.3 is 5.97 Å². The van der Waals surface area contributed by atoms with Gasteiger partial charge in [0, 0.05) is 13.1 Å². The van der Waals surface area contributed by atoms with Gasteiger partial charge in [-0.2, -0.15) is 0 Å². The summed E-state index contributed by atoms with van der Waals surface area (Å²) in [6.07, 6.45) is 1.72. The average molecular weight is 422 g/mol.